The van der Waals surface area contributed by atoms with Crippen molar-refractivity contribution in [3.05, 3.63) is 71.8 Å². The van der Waals surface area contributed by atoms with Gasteiger partial charge in [0, 0.05) is 19.3 Å². The second-order valence-corrected chi connectivity index (χ2v) is 11.0. The van der Waals surface area contributed by atoms with Gasteiger partial charge in [0.25, 0.3) is 0 Å². The van der Waals surface area contributed by atoms with Crippen molar-refractivity contribution < 1.29 is 39.0 Å². The lowest BCUT2D eigenvalue weighted by Gasteiger charge is -2.42. The predicted molar refractivity (Wildman–Crippen MR) is 144 cm³/mol. The zero-order chi connectivity index (χ0) is 27.0. The van der Waals surface area contributed by atoms with Crippen molar-refractivity contribution in [2.24, 2.45) is 0 Å². The lowest BCUT2D eigenvalue weighted by atomic mass is 9.94. The highest BCUT2D eigenvalue weighted by Gasteiger charge is 2.43. The first kappa shape index (κ1) is 28.6. The van der Waals surface area contributed by atoms with Crippen LogP contribution in [0.5, 0.6) is 0 Å². The monoisotopic (exact) mass is 542 g/mol. The van der Waals surface area contributed by atoms with Crippen molar-refractivity contribution in [2.45, 2.75) is 107 Å². The molecule has 39 heavy (non-hydrogen) atoms. The summed E-state index contributed by atoms with van der Waals surface area (Å²) in [7, 11) is 0. The minimum Gasteiger partial charge on any atom is -0.394 e. The Balaban J connectivity index is 1.21. The fraction of sp³-hybridized carbons (Fsp3) is 0.613. The standard InChI is InChI=1S/C31H42O8/c32-17-30-25(34)15-24(33)27(39-30)14-23-12-7-13-26-29(37-23)16-28(36-19-22-10-5-2-6-11-22)31(38-26)20-35-18-21-8-3-1-4-9-21/h1-6,8-11,23-34H,7,12-20H2/t23-,24-,25-,26+,27-,28+,29-,30+,31-/m0/s1. The summed E-state index contributed by atoms with van der Waals surface area (Å²) >= 11 is 0. The fourth-order valence-electron chi connectivity index (χ4n) is 5.92. The van der Waals surface area contributed by atoms with Gasteiger partial charge < -0.3 is 39.0 Å². The molecule has 8 heteroatoms. The predicted octanol–water partition coefficient (Wildman–Crippen LogP) is 3.15. The Morgan fingerprint density at radius 2 is 1.41 bits per heavy atom. The maximum atomic E-state index is 10.5. The summed E-state index contributed by atoms with van der Waals surface area (Å²) in [4.78, 5) is 0. The molecule has 3 N–H and O–H groups in total. The molecule has 9 atom stereocenters. The van der Waals surface area contributed by atoms with Gasteiger partial charge >= 0.3 is 0 Å². The molecule has 0 spiro atoms. The molecule has 2 aromatic carbocycles. The largest absolute Gasteiger partial charge is 0.394 e. The van der Waals surface area contributed by atoms with Crippen molar-refractivity contribution in [2.75, 3.05) is 13.2 Å². The molecule has 0 amide bonds. The van der Waals surface area contributed by atoms with E-state index >= 15 is 0 Å². The molecule has 0 aliphatic carbocycles. The Bertz CT molecular complexity index is 975. The molecule has 3 saturated heterocycles. The molecule has 0 bridgehead atoms. The highest BCUT2D eigenvalue weighted by atomic mass is 16.6. The summed E-state index contributed by atoms with van der Waals surface area (Å²) in [5.74, 6) is 0. The van der Waals surface area contributed by atoms with Crippen LogP contribution in [0.15, 0.2) is 60.7 Å². The van der Waals surface area contributed by atoms with E-state index < -0.39 is 24.4 Å². The Morgan fingerprint density at radius 3 is 2.13 bits per heavy atom. The number of benzene rings is 2. The molecule has 5 rings (SSSR count). The van der Waals surface area contributed by atoms with Gasteiger partial charge in [-0.1, -0.05) is 60.7 Å². The van der Waals surface area contributed by atoms with E-state index in [1.54, 1.807) is 0 Å². The van der Waals surface area contributed by atoms with Crippen molar-refractivity contribution in [1.82, 2.24) is 0 Å². The third kappa shape index (κ3) is 7.86. The van der Waals surface area contributed by atoms with E-state index in [0.717, 1.165) is 30.4 Å². The number of hydrogen-bond acceptors (Lipinski definition) is 8. The van der Waals surface area contributed by atoms with Crippen LogP contribution in [0.3, 0.4) is 0 Å². The third-order valence-corrected chi connectivity index (χ3v) is 8.09. The van der Waals surface area contributed by atoms with E-state index in [1.165, 1.54) is 0 Å². The SMILES string of the molecule is OC[C@H]1O[C@@H](C[C@@H]2CCC[C@H]3O[C@@H](COCc4ccccc4)[C@H](OCc4ccccc4)C[C@@H]3O2)[C@@H](O)C[C@@H]1O. The van der Waals surface area contributed by atoms with Gasteiger partial charge in [-0.2, -0.15) is 0 Å². The number of aliphatic hydroxyl groups is 3. The van der Waals surface area contributed by atoms with Crippen molar-refractivity contribution >= 4 is 0 Å². The summed E-state index contributed by atoms with van der Waals surface area (Å²) in [5.41, 5.74) is 2.23. The summed E-state index contributed by atoms with van der Waals surface area (Å²) in [6, 6.07) is 20.2. The van der Waals surface area contributed by atoms with E-state index in [1.807, 2.05) is 36.4 Å². The van der Waals surface area contributed by atoms with Gasteiger partial charge in [0.2, 0.25) is 0 Å². The number of fused-ring (bicyclic) bond motifs is 1. The molecule has 0 saturated carbocycles. The number of aliphatic hydroxyl groups excluding tert-OH is 3. The second kappa shape index (κ2) is 14.1. The normalized spacial score (nSPS) is 35.2. The van der Waals surface area contributed by atoms with Gasteiger partial charge in [0.15, 0.2) is 0 Å². The summed E-state index contributed by atoms with van der Waals surface area (Å²) < 4.78 is 31.5. The highest BCUT2D eigenvalue weighted by molar-refractivity contribution is 5.14. The fourth-order valence-corrected chi connectivity index (χ4v) is 5.92. The second-order valence-electron chi connectivity index (χ2n) is 11.0. The van der Waals surface area contributed by atoms with Crippen molar-refractivity contribution in [3.8, 4) is 0 Å². The van der Waals surface area contributed by atoms with Crippen LogP contribution in [0.2, 0.25) is 0 Å². The quantitative estimate of drug-likeness (QED) is 0.421. The highest BCUT2D eigenvalue weighted by Crippen LogP contribution is 2.35. The Kier molecular flexibility index (Phi) is 10.4. The molecule has 3 aliphatic heterocycles. The van der Waals surface area contributed by atoms with E-state index in [2.05, 4.69) is 24.3 Å². The molecule has 3 aliphatic rings. The first-order valence-corrected chi connectivity index (χ1v) is 14.3. The van der Waals surface area contributed by atoms with Crippen LogP contribution >= 0.6 is 0 Å². The van der Waals surface area contributed by atoms with Crippen LogP contribution in [-0.2, 0) is 36.9 Å². The van der Waals surface area contributed by atoms with Gasteiger partial charge in [-0.25, -0.2) is 0 Å². The molecule has 0 unspecified atom stereocenters. The summed E-state index contributed by atoms with van der Waals surface area (Å²) in [6.45, 7) is 1.17. The molecule has 3 heterocycles. The maximum Gasteiger partial charge on any atom is 0.108 e. The molecule has 0 radical (unpaired) electrons. The maximum absolute atomic E-state index is 10.5. The molecule has 214 valence electrons. The van der Waals surface area contributed by atoms with E-state index in [-0.39, 0.29) is 43.5 Å². The number of rotatable bonds is 10. The molecular weight excluding hydrogens is 500 g/mol. The van der Waals surface area contributed by atoms with Crippen LogP contribution in [0, 0.1) is 0 Å². The Hall–Kier alpha value is -1.88. The van der Waals surface area contributed by atoms with Crippen molar-refractivity contribution in [1.29, 1.82) is 0 Å². The lowest BCUT2D eigenvalue weighted by molar-refractivity contribution is -0.225. The topological polar surface area (TPSA) is 107 Å². The van der Waals surface area contributed by atoms with Crippen LogP contribution in [0.25, 0.3) is 0 Å². The first-order valence-electron chi connectivity index (χ1n) is 14.3. The minimum atomic E-state index is -0.865. The molecule has 8 nitrogen and oxygen atoms in total. The number of hydrogen-bond donors (Lipinski definition) is 3. The summed E-state index contributed by atoms with van der Waals surface area (Å²) in [6.07, 6.45) is 0.537. The summed E-state index contributed by atoms with van der Waals surface area (Å²) in [5, 5.41) is 30.1. The average Bonchev–Trinajstić information content (AvgIpc) is 3.15. The zero-order valence-corrected chi connectivity index (χ0v) is 22.4. The van der Waals surface area contributed by atoms with E-state index in [9.17, 15) is 15.3 Å². The van der Waals surface area contributed by atoms with Gasteiger partial charge in [-0.05, 0) is 30.4 Å². The molecule has 0 aromatic heterocycles. The van der Waals surface area contributed by atoms with Crippen LogP contribution < -0.4 is 0 Å². The molecular formula is C31H42O8. The van der Waals surface area contributed by atoms with Gasteiger partial charge in [-0.15, -0.1) is 0 Å². The zero-order valence-electron chi connectivity index (χ0n) is 22.4. The average molecular weight is 543 g/mol. The minimum absolute atomic E-state index is 0.0545. The van der Waals surface area contributed by atoms with Crippen LogP contribution in [0.1, 0.15) is 49.7 Å². The van der Waals surface area contributed by atoms with Crippen LogP contribution in [-0.4, -0.2) is 83.5 Å². The van der Waals surface area contributed by atoms with Gasteiger partial charge in [0.1, 0.15) is 12.2 Å². The van der Waals surface area contributed by atoms with Crippen LogP contribution in [0.4, 0.5) is 0 Å². The Labute approximate surface area is 230 Å². The van der Waals surface area contributed by atoms with Gasteiger partial charge in [0.05, 0.1) is 69.2 Å². The Morgan fingerprint density at radius 1 is 0.718 bits per heavy atom. The van der Waals surface area contributed by atoms with Crippen molar-refractivity contribution in [3.63, 3.8) is 0 Å². The number of ether oxygens (including phenoxy) is 5. The lowest BCUT2D eigenvalue weighted by Crippen LogP contribution is -2.52. The molecule has 3 fully saturated rings. The van der Waals surface area contributed by atoms with E-state index in [0.29, 0.717) is 32.7 Å². The van der Waals surface area contributed by atoms with E-state index in [4.69, 9.17) is 23.7 Å². The first-order chi connectivity index (χ1) is 19.1. The third-order valence-electron chi connectivity index (χ3n) is 8.09. The van der Waals surface area contributed by atoms with Gasteiger partial charge in [-0.3, -0.25) is 0 Å². The smallest absolute Gasteiger partial charge is 0.108 e. The molecule has 2 aromatic rings.